The largest absolute Gasteiger partial charge is 0.449 e. The standard InChI is InChI=1S/C25H19ClN2O4/c1-15-7-9-18(10-8-15)24-28-27-23(32-24)16(2)31-25(30)21-6-4-3-5-20(21)22(29)17-11-13-19(26)14-12-17/h3-14,16H,1-2H3. The number of nitrogens with zero attached hydrogens (tertiary/aromatic N) is 2. The Balaban J connectivity index is 1.53. The highest BCUT2D eigenvalue weighted by molar-refractivity contribution is 6.30. The van der Waals surface area contributed by atoms with Crippen LogP contribution in [0.2, 0.25) is 5.02 Å². The molecule has 0 aliphatic carbocycles. The van der Waals surface area contributed by atoms with Gasteiger partial charge in [0.15, 0.2) is 11.9 Å². The summed E-state index contributed by atoms with van der Waals surface area (Å²) in [5.41, 5.74) is 2.69. The van der Waals surface area contributed by atoms with Crippen molar-refractivity contribution in [2.75, 3.05) is 0 Å². The van der Waals surface area contributed by atoms with Crippen molar-refractivity contribution in [2.45, 2.75) is 20.0 Å². The first-order chi connectivity index (χ1) is 15.4. The molecular weight excluding hydrogens is 428 g/mol. The molecule has 0 saturated heterocycles. The quantitative estimate of drug-likeness (QED) is 0.273. The molecule has 0 aliphatic rings. The molecule has 160 valence electrons. The summed E-state index contributed by atoms with van der Waals surface area (Å²) >= 11 is 5.90. The average molecular weight is 447 g/mol. The number of aromatic nitrogens is 2. The lowest BCUT2D eigenvalue weighted by Crippen LogP contribution is -2.14. The molecule has 1 aromatic heterocycles. The van der Waals surface area contributed by atoms with Gasteiger partial charge in [0, 0.05) is 21.7 Å². The number of halogens is 1. The summed E-state index contributed by atoms with van der Waals surface area (Å²) in [6.45, 7) is 3.62. The topological polar surface area (TPSA) is 82.3 Å². The maximum absolute atomic E-state index is 12.9. The number of rotatable bonds is 6. The van der Waals surface area contributed by atoms with Crippen LogP contribution in [0.4, 0.5) is 0 Å². The SMILES string of the molecule is Cc1ccc(-c2nnc(C(C)OC(=O)c3ccccc3C(=O)c3ccc(Cl)cc3)o2)cc1. The van der Waals surface area contributed by atoms with E-state index >= 15 is 0 Å². The normalized spacial score (nSPS) is 11.7. The van der Waals surface area contributed by atoms with Crippen molar-refractivity contribution in [3.63, 3.8) is 0 Å². The minimum Gasteiger partial charge on any atom is -0.449 e. The van der Waals surface area contributed by atoms with E-state index in [1.54, 1.807) is 55.5 Å². The van der Waals surface area contributed by atoms with Crippen LogP contribution in [0.25, 0.3) is 11.5 Å². The lowest BCUT2D eigenvalue weighted by molar-refractivity contribution is 0.0278. The lowest BCUT2D eigenvalue weighted by Gasteiger charge is -2.12. The van der Waals surface area contributed by atoms with E-state index in [-0.39, 0.29) is 22.8 Å². The summed E-state index contributed by atoms with van der Waals surface area (Å²) in [5.74, 6) is -0.469. The van der Waals surface area contributed by atoms with Gasteiger partial charge in [0.2, 0.25) is 5.89 Å². The van der Waals surface area contributed by atoms with Crippen molar-refractivity contribution in [1.29, 1.82) is 0 Å². The first-order valence-corrected chi connectivity index (χ1v) is 10.3. The zero-order valence-corrected chi connectivity index (χ0v) is 18.2. The van der Waals surface area contributed by atoms with Gasteiger partial charge in [-0.1, -0.05) is 47.5 Å². The Kier molecular flexibility index (Phi) is 6.14. The minimum absolute atomic E-state index is 0.151. The molecule has 1 heterocycles. The number of carbonyl (C=O) groups excluding carboxylic acids is 2. The van der Waals surface area contributed by atoms with Gasteiger partial charge in [0.1, 0.15) is 0 Å². The zero-order valence-electron chi connectivity index (χ0n) is 17.4. The molecule has 4 aromatic rings. The molecule has 0 saturated carbocycles. The maximum atomic E-state index is 12.9. The van der Waals surface area contributed by atoms with Gasteiger partial charge in [-0.25, -0.2) is 4.79 Å². The highest BCUT2D eigenvalue weighted by Crippen LogP contribution is 2.25. The second-order valence-corrected chi connectivity index (χ2v) is 7.68. The van der Waals surface area contributed by atoms with Gasteiger partial charge in [0.25, 0.3) is 5.89 Å². The third kappa shape index (κ3) is 4.60. The Morgan fingerprint density at radius 1 is 0.906 bits per heavy atom. The average Bonchev–Trinajstić information content (AvgIpc) is 3.30. The number of hydrogen-bond acceptors (Lipinski definition) is 6. The van der Waals surface area contributed by atoms with Crippen LogP contribution < -0.4 is 0 Å². The van der Waals surface area contributed by atoms with Crippen LogP contribution in [-0.2, 0) is 4.74 Å². The molecule has 0 amide bonds. The van der Waals surface area contributed by atoms with Crippen molar-refractivity contribution in [3.8, 4) is 11.5 Å². The molecule has 0 N–H and O–H groups in total. The number of aryl methyl sites for hydroxylation is 1. The predicted molar refractivity (Wildman–Crippen MR) is 120 cm³/mol. The second kappa shape index (κ2) is 9.16. The van der Waals surface area contributed by atoms with Crippen LogP contribution in [0.1, 0.15) is 50.8 Å². The van der Waals surface area contributed by atoms with Gasteiger partial charge < -0.3 is 9.15 Å². The van der Waals surface area contributed by atoms with Crippen LogP contribution >= 0.6 is 11.6 Å². The Hall–Kier alpha value is -3.77. The minimum atomic E-state index is -0.798. The molecular formula is C25H19ClN2O4. The van der Waals surface area contributed by atoms with E-state index in [0.29, 0.717) is 16.5 Å². The van der Waals surface area contributed by atoms with Gasteiger partial charge in [-0.2, -0.15) is 0 Å². The summed E-state index contributed by atoms with van der Waals surface area (Å²) in [4.78, 5) is 25.8. The van der Waals surface area contributed by atoms with E-state index in [2.05, 4.69) is 10.2 Å². The molecule has 0 bridgehead atoms. The second-order valence-electron chi connectivity index (χ2n) is 7.24. The van der Waals surface area contributed by atoms with Crippen molar-refractivity contribution in [3.05, 3.63) is 106 Å². The van der Waals surface area contributed by atoms with Gasteiger partial charge in [-0.05, 0) is 56.3 Å². The number of ether oxygens (including phenoxy) is 1. The molecule has 0 spiro atoms. The summed E-state index contributed by atoms with van der Waals surface area (Å²) in [6, 6.07) is 20.6. The summed E-state index contributed by atoms with van der Waals surface area (Å²) in [5, 5.41) is 8.56. The molecule has 6 nitrogen and oxygen atoms in total. The Morgan fingerprint density at radius 3 is 2.25 bits per heavy atom. The van der Waals surface area contributed by atoms with Crippen molar-refractivity contribution in [2.24, 2.45) is 0 Å². The number of hydrogen-bond donors (Lipinski definition) is 0. The Bertz CT molecular complexity index is 1260. The van der Waals surface area contributed by atoms with Crippen LogP contribution in [-0.4, -0.2) is 21.9 Å². The first kappa shape index (κ1) is 21.5. The van der Waals surface area contributed by atoms with E-state index in [9.17, 15) is 9.59 Å². The summed E-state index contributed by atoms with van der Waals surface area (Å²) in [6.07, 6.45) is -0.798. The maximum Gasteiger partial charge on any atom is 0.339 e. The van der Waals surface area contributed by atoms with Crippen LogP contribution in [0.5, 0.6) is 0 Å². The molecule has 1 unspecified atom stereocenters. The van der Waals surface area contributed by atoms with E-state index in [1.165, 1.54) is 0 Å². The smallest absolute Gasteiger partial charge is 0.339 e. The molecule has 7 heteroatoms. The zero-order chi connectivity index (χ0) is 22.7. The number of benzene rings is 3. The van der Waals surface area contributed by atoms with Gasteiger partial charge in [0.05, 0.1) is 5.56 Å². The number of ketones is 1. The fourth-order valence-corrected chi connectivity index (χ4v) is 3.23. The highest BCUT2D eigenvalue weighted by atomic mass is 35.5. The molecule has 32 heavy (non-hydrogen) atoms. The van der Waals surface area contributed by atoms with E-state index < -0.39 is 12.1 Å². The van der Waals surface area contributed by atoms with Crippen LogP contribution in [0.3, 0.4) is 0 Å². The van der Waals surface area contributed by atoms with Crippen molar-refractivity contribution < 1.29 is 18.7 Å². The fraction of sp³-hybridized carbons (Fsp3) is 0.120. The molecule has 0 fully saturated rings. The monoisotopic (exact) mass is 446 g/mol. The lowest BCUT2D eigenvalue weighted by atomic mass is 9.98. The first-order valence-electron chi connectivity index (χ1n) is 9.93. The summed E-state index contributed by atoms with van der Waals surface area (Å²) in [7, 11) is 0. The van der Waals surface area contributed by atoms with E-state index in [1.807, 2.05) is 31.2 Å². The fourth-order valence-electron chi connectivity index (χ4n) is 3.10. The van der Waals surface area contributed by atoms with Crippen LogP contribution in [0, 0.1) is 6.92 Å². The third-order valence-corrected chi connectivity index (χ3v) is 5.12. The Morgan fingerprint density at radius 2 is 1.56 bits per heavy atom. The van der Waals surface area contributed by atoms with E-state index in [0.717, 1.165) is 11.1 Å². The third-order valence-electron chi connectivity index (χ3n) is 4.87. The Labute approximate surface area is 189 Å². The molecule has 4 rings (SSSR count). The highest BCUT2D eigenvalue weighted by Gasteiger charge is 2.24. The molecule has 0 radical (unpaired) electrons. The van der Waals surface area contributed by atoms with Gasteiger partial charge >= 0.3 is 5.97 Å². The van der Waals surface area contributed by atoms with Crippen LogP contribution in [0.15, 0.2) is 77.2 Å². The van der Waals surface area contributed by atoms with E-state index in [4.69, 9.17) is 20.8 Å². The van der Waals surface area contributed by atoms with Crippen molar-refractivity contribution >= 4 is 23.4 Å². The summed E-state index contributed by atoms with van der Waals surface area (Å²) < 4.78 is 11.2. The van der Waals surface area contributed by atoms with Crippen molar-refractivity contribution in [1.82, 2.24) is 10.2 Å². The molecule has 1 atom stereocenters. The van der Waals surface area contributed by atoms with Gasteiger partial charge in [-0.15, -0.1) is 10.2 Å². The van der Waals surface area contributed by atoms with Gasteiger partial charge in [-0.3, -0.25) is 4.79 Å². The molecule has 0 aliphatic heterocycles. The molecule has 3 aromatic carbocycles. The predicted octanol–water partition coefficient (Wildman–Crippen LogP) is 5.85. The number of carbonyl (C=O) groups is 2. The number of esters is 1.